The molecule has 0 saturated carbocycles. The van der Waals surface area contributed by atoms with Gasteiger partial charge in [0, 0.05) is 39.0 Å². The maximum absolute atomic E-state index is 11.4. The Morgan fingerprint density at radius 3 is 1.62 bits per heavy atom. The average molecular weight is 354 g/mol. The van der Waals surface area contributed by atoms with Gasteiger partial charge in [0.25, 0.3) is 0 Å². The molecule has 0 spiro atoms. The highest BCUT2D eigenvalue weighted by atomic mass is 16.3. The van der Waals surface area contributed by atoms with Crippen molar-refractivity contribution >= 4 is 11.8 Å². The first-order valence-corrected chi connectivity index (χ1v) is 7.05. The summed E-state index contributed by atoms with van der Waals surface area (Å²) >= 11 is 0. The first-order valence-electron chi connectivity index (χ1n) is 7.05. The Balaban J connectivity index is -0.000000162. The van der Waals surface area contributed by atoms with Crippen LogP contribution < -0.4 is 16.0 Å². The molecule has 0 aromatic rings. The number of hydrogen-bond acceptors (Lipinski definition) is 4. The van der Waals surface area contributed by atoms with E-state index in [9.17, 15) is 9.59 Å². The molecule has 0 aliphatic heterocycles. The minimum absolute atomic E-state index is 0. The molecule has 6 heteroatoms. The second kappa shape index (κ2) is 29.8. The molecule has 6 nitrogen and oxygen atoms in total. The maximum Gasteiger partial charge on any atom is 0.220 e. The standard InChI is InChI=1S/C13H27N3O3.5CH4/c1-2-7-15-12(18)5-3-4-6-13(19)16-9-8-14-10-11-17;;;;;/h14,17H,2-11H2,1H3,(H,15,18)(H,16,19);5*1H4. The third-order valence-electron chi connectivity index (χ3n) is 2.54. The number of amides is 2. The molecule has 0 fully saturated rings. The lowest BCUT2D eigenvalue weighted by molar-refractivity contribution is -0.123. The van der Waals surface area contributed by atoms with Crippen LogP contribution in [-0.4, -0.2) is 49.7 Å². The number of aliphatic hydroxyl groups excluding tert-OH is 1. The van der Waals surface area contributed by atoms with Crippen LogP contribution in [0.2, 0.25) is 0 Å². The van der Waals surface area contributed by atoms with Crippen molar-refractivity contribution in [2.45, 2.75) is 76.2 Å². The number of hydrogen-bond donors (Lipinski definition) is 4. The van der Waals surface area contributed by atoms with Gasteiger partial charge in [-0.3, -0.25) is 9.59 Å². The molecular weight excluding hydrogens is 306 g/mol. The first kappa shape index (κ1) is 38.4. The van der Waals surface area contributed by atoms with E-state index in [0.29, 0.717) is 32.5 Å². The van der Waals surface area contributed by atoms with E-state index in [1.807, 2.05) is 6.92 Å². The van der Waals surface area contributed by atoms with Crippen molar-refractivity contribution in [3.8, 4) is 0 Å². The average Bonchev–Trinajstić information content (AvgIpc) is 2.41. The van der Waals surface area contributed by atoms with Gasteiger partial charge in [-0.25, -0.2) is 0 Å². The Hall–Kier alpha value is -1.14. The van der Waals surface area contributed by atoms with E-state index in [2.05, 4.69) is 16.0 Å². The van der Waals surface area contributed by atoms with E-state index < -0.39 is 0 Å². The van der Waals surface area contributed by atoms with Crippen LogP contribution in [0.25, 0.3) is 0 Å². The van der Waals surface area contributed by atoms with Crippen LogP contribution in [0.4, 0.5) is 0 Å². The summed E-state index contributed by atoms with van der Waals surface area (Å²) in [7, 11) is 0. The van der Waals surface area contributed by atoms with Crippen LogP contribution in [0.15, 0.2) is 0 Å². The highest BCUT2D eigenvalue weighted by molar-refractivity contribution is 5.77. The number of carbonyl (C=O) groups is 2. The molecule has 24 heavy (non-hydrogen) atoms. The van der Waals surface area contributed by atoms with E-state index in [0.717, 1.165) is 25.8 Å². The highest BCUT2D eigenvalue weighted by Gasteiger charge is 2.03. The second-order valence-electron chi connectivity index (χ2n) is 4.38. The summed E-state index contributed by atoms with van der Waals surface area (Å²) in [5, 5.41) is 17.1. The van der Waals surface area contributed by atoms with Gasteiger partial charge >= 0.3 is 0 Å². The molecule has 0 bridgehead atoms. The molecule has 4 N–H and O–H groups in total. The fourth-order valence-corrected chi connectivity index (χ4v) is 1.51. The zero-order valence-electron chi connectivity index (χ0n) is 11.8. The summed E-state index contributed by atoms with van der Waals surface area (Å²) in [5.74, 6) is 0.0789. The lowest BCUT2D eigenvalue weighted by atomic mass is 10.2. The van der Waals surface area contributed by atoms with E-state index in [1.54, 1.807) is 0 Å². The maximum atomic E-state index is 11.4. The van der Waals surface area contributed by atoms with Crippen molar-refractivity contribution in [2.24, 2.45) is 0 Å². The zero-order chi connectivity index (χ0) is 14.3. The van der Waals surface area contributed by atoms with Crippen molar-refractivity contribution in [1.29, 1.82) is 0 Å². The molecule has 0 aliphatic carbocycles. The Morgan fingerprint density at radius 2 is 1.21 bits per heavy atom. The van der Waals surface area contributed by atoms with Crippen LogP contribution >= 0.6 is 0 Å². The van der Waals surface area contributed by atoms with E-state index >= 15 is 0 Å². The summed E-state index contributed by atoms with van der Waals surface area (Å²) in [6.45, 7) is 4.61. The molecule has 152 valence electrons. The van der Waals surface area contributed by atoms with Gasteiger partial charge in [0.1, 0.15) is 0 Å². The molecule has 0 saturated heterocycles. The summed E-state index contributed by atoms with van der Waals surface area (Å²) < 4.78 is 0. The van der Waals surface area contributed by atoms with Gasteiger partial charge < -0.3 is 21.1 Å². The highest BCUT2D eigenvalue weighted by Crippen LogP contribution is 1.99. The largest absolute Gasteiger partial charge is 0.395 e. The van der Waals surface area contributed by atoms with Crippen molar-refractivity contribution in [3.05, 3.63) is 0 Å². The van der Waals surface area contributed by atoms with Gasteiger partial charge in [-0.15, -0.1) is 0 Å². The molecule has 2 amide bonds. The Morgan fingerprint density at radius 1 is 0.750 bits per heavy atom. The molecule has 0 aliphatic rings. The van der Waals surface area contributed by atoms with Crippen molar-refractivity contribution < 1.29 is 14.7 Å². The Kier molecular flexibility index (Phi) is 47.7. The van der Waals surface area contributed by atoms with Crippen molar-refractivity contribution in [3.63, 3.8) is 0 Å². The minimum atomic E-state index is 0. The van der Waals surface area contributed by atoms with Crippen LogP contribution in [0.5, 0.6) is 0 Å². The van der Waals surface area contributed by atoms with Gasteiger partial charge in [-0.05, 0) is 19.3 Å². The minimum Gasteiger partial charge on any atom is -0.395 e. The van der Waals surface area contributed by atoms with E-state index in [1.165, 1.54) is 0 Å². The third kappa shape index (κ3) is 28.9. The molecule has 0 heterocycles. The molecule has 0 atom stereocenters. The molecule has 0 aromatic carbocycles. The van der Waals surface area contributed by atoms with Crippen LogP contribution in [-0.2, 0) is 9.59 Å². The summed E-state index contributed by atoms with van der Waals surface area (Å²) in [6.07, 6.45) is 3.37. The summed E-state index contributed by atoms with van der Waals surface area (Å²) in [6, 6.07) is 0. The van der Waals surface area contributed by atoms with Crippen molar-refractivity contribution in [1.82, 2.24) is 16.0 Å². The Labute approximate surface area is 152 Å². The lowest BCUT2D eigenvalue weighted by Crippen LogP contribution is -2.32. The van der Waals surface area contributed by atoms with Gasteiger partial charge in [-0.2, -0.15) is 0 Å². The smallest absolute Gasteiger partial charge is 0.220 e. The van der Waals surface area contributed by atoms with Crippen LogP contribution in [0.1, 0.15) is 76.2 Å². The van der Waals surface area contributed by atoms with Gasteiger partial charge in [-0.1, -0.05) is 44.1 Å². The molecular formula is C18H47N3O3. The predicted octanol–water partition coefficient (Wildman–Crippen LogP) is 2.95. The van der Waals surface area contributed by atoms with Crippen LogP contribution in [0, 0.1) is 0 Å². The molecule has 0 unspecified atom stereocenters. The normalized spacial score (nSPS) is 8.08. The van der Waals surface area contributed by atoms with Gasteiger partial charge in [0.2, 0.25) is 11.8 Å². The second-order valence-corrected chi connectivity index (χ2v) is 4.38. The number of carbonyl (C=O) groups excluding carboxylic acids is 2. The fraction of sp³-hybridized carbons (Fsp3) is 0.889. The fourth-order valence-electron chi connectivity index (χ4n) is 1.51. The molecule has 0 rings (SSSR count). The quantitative estimate of drug-likeness (QED) is 0.406. The lowest BCUT2D eigenvalue weighted by Gasteiger charge is -2.06. The van der Waals surface area contributed by atoms with E-state index in [4.69, 9.17) is 5.11 Å². The third-order valence-corrected chi connectivity index (χ3v) is 2.54. The SMILES string of the molecule is C.C.C.C.C.CCCNC(=O)CCCCC(=O)NCCNCCO. The topological polar surface area (TPSA) is 90.5 Å². The monoisotopic (exact) mass is 353 g/mol. The first-order chi connectivity index (χ1) is 9.20. The van der Waals surface area contributed by atoms with Crippen molar-refractivity contribution in [2.75, 3.05) is 32.8 Å². The number of nitrogens with one attached hydrogen (secondary N) is 3. The number of aliphatic hydroxyl groups is 1. The molecule has 0 aromatic heterocycles. The summed E-state index contributed by atoms with van der Waals surface area (Å²) in [4.78, 5) is 22.7. The zero-order valence-corrected chi connectivity index (χ0v) is 11.8. The number of unbranched alkanes of at least 4 members (excludes halogenated alkanes) is 1. The van der Waals surface area contributed by atoms with Gasteiger partial charge in [0.15, 0.2) is 0 Å². The number of rotatable bonds is 12. The van der Waals surface area contributed by atoms with Gasteiger partial charge in [0.05, 0.1) is 6.61 Å². The summed E-state index contributed by atoms with van der Waals surface area (Å²) in [5.41, 5.74) is 0. The Bertz CT molecular complexity index is 250. The molecule has 0 radical (unpaired) electrons. The predicted molar refractivity (Wildman–Crippen MR) is 108 cm³/mol. The van der Waals surface area contributed by atoms with Crippen LogP contribution in [0.3, 0.4) is 0 Å². The van der Waals surface area contributed by atoms with E-state index in [-0.39, 0.29) is 55.6 Å².